The van der Waals surface area contributed by atoms with Crippen LogP contribution in [0.3, 0.4) is 0 Å². The third-order valence-corrected chi connectivity index (χ3v) is 4.15. The first-order valence-corrected chi connectivity index (χ1v) is 7.48. The molecular formula is C15H30N2O. The molecule has 18 heavy (non-hydrogen) atoms. The van der Waals surface area contributed by atoms with Gasteiger partial charge in [-0.05, 0) is 31.6 Å². The van der Waals surface area contributed by atoms with Crippen molar-refractivity contribution >= 4 is 5.91 Å². The smallest absolute Gasteiger partial charge is 0.234 e. The van der Waals surface area contributed by atoms with E-state index in [1.165, 1.54) is 25.7 Å². The fourth-order valence-corrected chi connectivity index (χ4v) is 2.92. The fraction of sp³-hybridized carbons (Fsp3) is 0.933. The van der Waals surface area contributed by atoms with E-state index in [0.29, 0.717) is 24.0 Å². The van der Waals surface area contributed by atoms with Crippen LogP contribution in [0, 0.1) is 5.41 Å². The van der Waals surface area contributed by atoms with Crippen LogP contribution in [0.4, 0.5) is 0 Å². The topological polar surface area (TPSA) is 41.1 Å². The Hall–Kier alpha value is -0.570. The van der Waals surface area contributed by atoms with Crippen LogP contribution < -0.4 is 10.6 Å². The van der Waals surface area contributed by atoms with Gasteiger partial charge in [-0.2, -0.15) is 0 Å². The summed E-state index contributed by atoms with van der Waals surface area (Å²) in [4.78, 5) is 11.8. The summed E-state index contributed by atoms with van der Waals surface area (Å²) in [7, 11) is 0. The van der Waals surface area contributed by atoms with Crippen LogP contribution in [0.1, 0.15) is 66.2 Å². The van der Waals surface area contributed by atoms with Crippen molar-refractivity contribution in [2.75, 3.05) is 6.54 Å². The Morgan fingerprint density at radius 2 is 2.11 bits per heavy atom. The third-order valence-electron chi connectivity index (χ3n) is 4.15. The molecule has 0 aromatic rings. The van der Waals surface area contributed by atoms with E-state index >= 15 is 0 Å². The molecule has 1 saturated carbocycles. The van der Waals surface area contributed by atoms with Crippen LogP contribution in [0.15, 0.2) is 0 Å². The van der Waals surface area contributed by atoms with Gasteiger partial charge in [0.25, 0.3) is 0 Å². The molecule has 2 atom stereocenters. The Morgan fingerprint density at radius 3 is 2.72 bits per heavy atom. The molecule has 3 nitrogen and oxygen atoms in total. The number of rotatable bonds is 6. The number of nitrogens with one attached hydrogen (secondary N) is 2. The lowest BCUT2D eigenvalue weighted by molar-refractivity contribution is -0.121. The molecule has 1 aliphatic rings. The van der Waals surface area contributed by atoms with Gasteiger partial charge in [-0.1, -0.05) is 40.0 Å². The molecule has 0 aromatic carbocycles. The Kier molecular flexibility index (Phi) is 6.13. The fourth-order valence-electron chi connectivity index (χ4n) is 2.92. The zero-order valence-electron chi connectivity index (χ0n) is 12.5. The first-order chi connectivity index (χ1) is 8.45. The van der Waals surface area contributed by atoms with E-state index in [-0.39, 0.29) is 5.91 Å². The predicted molar refractivity (Wildman–Crippen MR) is 76.6 cm³/mol. The molecule has 2 N–H and O–H groups in total. The van der Waals surface area contributed by atoms with Crippen molar-refractivity contribution in [2.45, 2.75) is 78.3 Å². The van der Waals surface area contributed by atoms with Gasteiger partial charge in [0.05, 0.1) is 6.54 Å². The van der Waals surface area contributed by atoms with E-state index in [1.807, 2.05) is 0 Å². The highest BCUT2D eigenvalue weighted by atomic mass is 16.1. The molecular weight excluding hydrogens is 224 g/mol. The van der Waals surface area contributed by atoms with Gasteiger partial charge in [0, 0.05) is 12.1 Å². The maximum atomic E-state index is 11.8. The molecule has 0 heterocycles. The second-order valence-corrected chi connectivity index (χ2v) is 6.43. The molecule has 106 valence electrons. The van der Waals surface area contributed by atoms with Crippen LogP contribution >= 0.6 is 0 Å². The second-order valence-electron chi connectivity index (χ2n) is 6.43. The van der Waals surface area contributed by atoms with Gasteiger partial charge < -0.3 is 10.6 Å². The number of carbonyl (C=O) groups is 1. The van der Waals surface area contributed by atoms with E-state index in [1.54, 1.807) is 0 Å². The summed E-state index contributed by atoms with van der Waals surface area (Å²) >= 11 is 0. The molecule has 0 spiro atoms. The molecule has 3 heteroatoms. The zero-order chi connectivity index (χ0) is 13.6. The minimum Gasteiger partial charge on any atom is -0.353 e. The van der Waals surface area contributed by atoms with E-state index in [2.05, 4.69) is 38.3 Å². The van der Waals surface area contributed by atoms with Crippen molar-refractivity contribution < 1.29 is 4.79 Å². The SMILES string of the molecule is CCCC(C)NC(=O)CNC1CCCCC1(C)C. The molecule has 0 saturated heterocycles. The molecule has 0 radical (unpaired) electrons. The first kappa shape index (κ1) is 15.5. The summed E-state index contributed by atoms with van der Waals surface area (Å²) in [5.41, 5.74) is 0.327. The Morgan fingerprint density at radius 1 is 1.39 bits per heavy atom. The van der Waals surface area contributed by atoms with E-state index in [0.717, 1.165) is 12.8 Å². The predicted octanol–water partition coefficient (Wildman–Crippen LogP) is 2.85. The van der Waals surface area contributed by atoms with E-state index < -0.39 is 0 Å². The summed E-state index contributed by atoms with van der Waals surface area (Å²) in [6.45, 7) is 9.29. The van der Waals surface area contributed by atoms with Crippen LogP contribution in [0.2, 0.25) is 0 Å². The van der Waals surface area contributed by atoms with Crippen molar-refractivity contribution in [1.29, 1.82) is 0 Å². The van der Waals surface area contributed by atoms with Gasteiger partial charge in [0.15, 0.2) is 0 Å². The second kappa shape index (κ2) is 7.13. The lowest BCUT2D eigenvalue weighted by Crippen LogP contribution is -2.48. The summed E-state index contributed by atoms with van der Waals surface area (Å²) < 4.78 is 0. The first-order valence-electron chi connectivity index (χ1n) is 7.48. The van der Waals surface area contributed by atoms with Crippen molar-refractivity contribution in [3.8, 4) is 0 Å². The van der Waals surface area contributed by atoms with Crippen LogP contribution in [-0.2, 0) is 4.79 Å². The average Bonchev–Trinajstić information content (AvgIpc) is 2.27. The molecule has 2 unspecified atom stereocenters. The number of hydrogen-bond donors (Lipinski definition) is 2. The van der Waals surface area contributed by atoms with Crippen molar-refractivity contribution in [3.63, 3.8) is 0 Å². The van der Waals surface area contributed by atoms with Gasteiger partial charge in [-0.15, -0.1) is 0 Å². The van der Waals surface area contributed by atoms with Gasteiger partial charge in [-0.3, -0.25) is 4.79 Å². The van der Waals surface area contributed by atoms with Crippen LogP contribution in [0.5, 0.6) is 0 Å². The molecule has 1 amide bonds. The highest BCUT2D eigenvalue weighted by Crippen LogP contribution is 2.35. The standard InChI is InChI=1S/C15H30N2O/c1-5-8-12(2)17-14(18)11-16-13-9-6-7-10-15(13,3)4/h12-13,16H,5-11H2,1-4H3,(H,17,18). The maximum Gasteiger partial charge on any atom is 0.234 e. The molecule has 0 bridgehead atoms. The normalized spacial score (nSPS) is 24.6. The summed E-state index contributed by atoms with van der Waals surface area (Å²) in [6.07, 6.45) is 7.24. The molecule has 0 aliphatic heterocycles. The summed E-state index contributed by atoms with van der Waals surface area (Å²) in [5, 5.41) is 6.49. The quantitative estimate of drug-likeness (QED) is 0.765. The molecule has 1 rings (SSSR count). The van der Waals surface area contributed by atoms with Crippen molar-refractivity contribution in [2.24, 2.45) is 5.41 Å². The largest absolute Gasteiger partial charge is 0.353 e. The number of carbonyl (C=O) groups excluding carboxylic acids is 1. The zero-order valence-corrected chi connectivity index (χ0v) is 12.5. The lowest BCUT2D eigenvalue weighted by Gasteiger charge is -2.39. The summed E-state index contributed by atoms with van der Waals surface area (Å²) in [6, 6.07) is 0.780. The Balaban J connectivity index is 2.29. The average molecular weight is 254 g/mol. The number of hydrogen-bond acceptors (Lipinski definition) is 2. The minimum absolute atomic E-state index is 0.136. The van der Waals surface area contributed by atoms with Gasteiger partial charge >= 0.3 is 0 Å². The Labute approximate surface area is 112 Å². The van der Waals surface area contributed by atoms with Crippen molar-refractivity contribution in [1.82, 2.24) is 10.6 Å². The van der Waals surface area contributed by atoms with Crippen molar-refractivity contribution in [3.05, 3.63) is 0 Å². The maximum absolute atomic E-state index is 11.8. The highest BCUT2D eigenvalue weighted by molar-refractivity contribution is 5.78. The monoisotopic (exact) mass is 254 g/mol. The van der Waals surface area contributed by atoms with Crippen LogP contribution in [0.25, 0.3) is 0 Å². The Bertz CT molecular complexity index is 263. The lowest BCUT2D eigenvalue weighted by atomic mass is 9.73. The minimum atomic E-state index is 0.136. The molecule has 0 aromatic heterocycles. The molecule has 1 aliphatic carbocycles. The van der Waals surface area contributed by atoms with Crippen LogP contribution in [-0.4, -0.2) is 24.5 Å². The molecule has 1 fully saturated rings. The number of amides is 1. The van der Waals surface area contributed by atoms with Gasteiger partial charge in [-0.25, -0.2) is 0 Å². The highest BCUT2D eigenvalue weighted by Gasteiger charge is 2.31. The van der Waals surface area contributed by atoms with Gasteiger partial charge in [0.1, 0.15) is 0 Å². The van der Waals surface area contributed by atoms with E-state index in [4.69, 9.17) is 0 Å². The van der Waals surface area contributed by atoms with Gasteiger partial charge in [0.2, 0.25) is 5.91 Å². The summed E-state index contributed by atoms with van der Waals surface area (Å²) in [5.74, 6) is 0.136. The third kappa shape index (κ3) is 4.97. The van der Waals surface area contributed by atoms with E-state index in [9.17, 15) is 4.79 Å².